The molecule has 0 bridgehead atoms. The summed E-state index contributed by atoms with van der Waals surface area (Å²) in [6, 6.07) is 14.2. The number of morpholine rings is 1. The first kappa shape index (κ1) is 21.6. The van der Waals surface area contributed by atoms with Crippen LogP contribution in [0.4, 0.5) is 10.2 Å². The Morgan fingerprint density at radius 3 is 2.82 bits per heavy atom. The summed E-state index contributed by atoms with van der Waals surface area (Å²) < 4.78 is 26.2. The average molecular weight is 465 g/mol. The van der Waals surface area contributed by atoms with Gasteiger partial charge in [0.2, 0.25) is 5.88 Å². The molecule has 6 nitrogen and oxygen atoms in total. The molecule has 5 rings (SSSR count). The molecule has 0 N–H and O–H groups in total. The number of fused-ring (bicyclic) bond motifs is 1. The van der Waals surface area contributed by atoms with E-state index in [1.165, 1.54) is 6.07 Å². The van der Waals surface area contributed by atoms with E-state index >= 15 is 0 Å². The van der Waals surface area contributed by atoms with Gasteiger partial charge in [-0.05, 0) is 48.9 Å². The van der Waals surface area contributed by atoms with Crippen molar-refractivity contribution in [2.45, 2.75) is 13.0 Å². The summed E-state index contributed by atoms with van der Waals surface area (Å²) in [7, 11) is 1.59. The Kier molecular flexibility index (Phi) is 5.83. The maximum atomic E-state index is 14.9. The summed E-state index contributed by atoms with van der Waals surface area (Å²) in [5, 5.41) is 1.13. The molecule has 0 unspecified atom stereocenters. The molecular formula is C25H22ClFN4O2. The standard InChI is InChI=1S/C25H22ClFN4O2/c1-15-3-5-19-21(29-15)13-23(30-25(19)18-6-4-17(26)12-20(18)27)31-9-10-33-22(14-31)16-7-8-28-24(11-16)32-2/h3-8,11-13,22H,9-10,14H2,1-2H3/t22-/m0/s1. The highest BCUT2D eigenvalue weighted by Crippen LogP contribution is 2.34. The van der Waals surface area contributed by atoms with E-state index in [9.17, 15) is 4.39 Å². The van der Waals surface area contributed by atoms with Crippen molar-refractivity contribution in [3.8, 4) is 17.1 Å². The van der Waals surface area contributed by atoms with Gasteiger partial charge in [-0.15, -0.1) is 0 Å². The van der Waals surface area contributed by atoms with Crippen molar-refractivity contribution in [1.82, 2.24) is 15.0 Å². The molecule has 1 fully saturated rings. The normalized spacial score (nSPS) is 16.2. The zero-order valence-corrected chi connectivity index (χ0v) is 19.0. The lowest BCUT2D eigenvalue weighted by Gasteiger charge is -2.34. The summed E-state index contributed by atoms with van der Waals surface area (Å²) in [6.07, 6.45) is 1.54. The fourth-order valence-electron chi connectivity index (χ4n) is 4.06. The topological polar surface area (TPSA) is 60.4 Å². The van der Waals surface area contributed by atoms with Gasteiger partial charge in [0.15, 0.2) is 0 Å². The second-order valence-electron chi connectivity index (χ2n) is 7.91. The number of aromatic nitrogens is 3. The second-order valence-corrected chi connectivity index (χ2v) is 8.35. The maximum absolute atomic E-state index is 14.9. The first-order valence-corrected chi connectivity index (χ1v) is 11.0. The molecule has 0 radical (unpaired) electrons. The minimum Gasteiger partial charge on any atom is -0.481 e. The molecule has 0 saturated carbocycles. The molecule has 1 atom stereocenters. The van der Waals surface area contributed by atoms with Crippen LogP contribution in [-0.4, -0.2) is 41.8 Å². The van der Waals surface area contributed by atoms with Gasteiger partial charge in [0.05, 0.1) is 24.9 Å². The number of hydrogen-bond donors (Lipinski definition) is 0. The molecule has 168 valence electrons. The molecule has 1 saturated heterocycles. The lowest BCUT2D eigenvalue weighted by Crippen LogP contribution is -2.39. The van der Waals surface area contributed by atoms with E-state index < -0.39 is 5.82 Å². The Bertz CT molecular complexity index is 1330. The minimum absolute atomic E-state index is 0.172. The van der Waals surface area contributed by atoms with Crippen molar-refractivity contribution < 1.29 is 13.9 Å². The number of nitrogens with zero attached hydrogens (tertiary/aromatic N) is 4. The number of hydrogen-bond acceptors (Lipinski definition) is 6. The molecule has 8 heteroatoms. The minimum atomic E-state index is -0.419. The molecule has 33 heavy (non-hydrogen) atoms. The largest absolute Gasteiger partial charge is 0.481 e. The van der Waals surface area contributed by atoms with Crippen LogP contribution in [0.15, 0.2) is 54.7 Å². The lowest BCUT2D eigenvalue weighted by atomic mass is 10.0. The molecule has 0 aliphatic carbocycles. The Labute approximate surface area is 196 Å². The SMILES string of the molecule is COc1cc([C@@H]2CN(c3cc4nc(C)ccc4c(-c4ccc(Cl)cc4F)n3)CCO2)ccn1. The van der Waals surface area contributed by atoms with Crippen molar-refractivity contribution in [1.29, 1.82) is 0 Å². The average Bonchev–Trinajstić information content (AvgIpc) is 2.83. The first-order chi connectivity index (χ1) is 16.0. The number of anilines is 1. The zero-order valence-electron chi connectivity index (χ0n) is 18.3. The fraction of sp³-hybridized carbons (Fsp3) is 0.240. The van der Waals surface area contributed by atoms with Gasteiger partial charge in [0.1, 0.15) is 17.7 Å². The number of benzene rings is 1. The number of ether oxygens (including phenoxy) is 2. The fourth-order valence-corrected chi connectivity index (χ4v) is 4.22. The van der Waals surface area contributed by atoms with Crippen LogP contribution in [0.5, 0.6) is 5.88 Å². The first-order valence-electron chi connectivity index (χ1n) is 10.6. The van der Waals surface area contributed by atoms with Gasteiger partial charge in [-0.2, -0.15) is 0 Å². The number of pyridine rings is 3. The van der Waals surface area contributed by atoms with E-state index in [-0.39, 0.29) is 6.10 Å². The van der Waals surface area contributed by atoms with Crippen LogP contribution >= 0.6 is 11.6 Å². The molecule has 1 aliphatic rings. The Hall–Kier alpha value is -3.29. The van der Waals surface area contributed by atoms with Gasteiger partial charge < -0.3 is 14.4 Å². The predicted octanol–water partition coefficient (Wildman–Crippen LogP) is 5.38. The van der Waals surface area contributed by atoms with E-state index in [1.54, 1.807) is 25.4 Å². The third kappa shape index (κ3) is 4.34. The summed E-state index contributed by atoms with van der Waals surface area (Å²) in [6.45, 7) is 3.70. The van der Waals surface area contributed by atoms with Crippen LogP contribution in [0, 0.1) is 12.7 Å². The van der Waals surface area contributed by atoms with Gasteiger partial charge in [-0.25, -0.2) is 14.4 Å². The van der Waals surface area contributed by atoms with Crippen molar-refractivity contribution in [3.63, 3.8) is 0 Å². The summed E-state index contributed by atoms with van der Waals surface area (Å²) in [4.78, 5) is 15.9. The summed E-state index contributed by atoms with van der Waals surface area (Å²) in [5.41, 5.74) is 3.55. The zero-order chi connectivity index (χ0) is 22.9. The van der Waals surface area contributed by atoms with Crippen LogP contribution in [0.1, 0.15) is 17.4 Å². The highest BCUT2D eigenvalue weighted by Gasteiger charge is 2.25. The molecule has 1 aromatic carbocycles. The summed E-state index contributed by atoms with van der Waals surface area (Å²) >= 11 is 5.98. The van der Waals surface area contributed by atoms with E-state index in [0.29, 0.717) is 41.9 Å². The molecule has 0 amide bonds. The monoisotopic (exact) mass is 464 g/mol. The Balaban J connectivity index is 1.57. The van der Waals surface area contributed by atoms with Crippen molar-refractivity contribution in [2.24, 2.45) is 0 Å². The van der Waals surface area contributed by atoms with Crippen molar-refractivity contribution in [3.05, 3.63) is 76.8 Å². The van der Waals surface area contributed by atoms with Gasteiger partial charge >= 0.3 is 0 Å². The summed E-state index contributed by atoms with van der Waals surface area (Å²) in [5.74, 6) is 0.842. The number of methoxy groups -OCH3 is 1. The molecule has 4 heterocycles. The van der Waals surface area contributed by atoms with Gasteiger partial charge in [0, 0.05) is 53.1 Å². The molecule has 4 aromatic rings. The third-order valence-electron chi connectivity index (χ3n) is 5.73. The highest BCUT2D eigenvalue weighted by molar-refractivity contribution is 6.30. The van der Waals surface area contributed by atoms with E-state index in [4.69, 9.17) is 31.0 Å². The van der Waals surface area contributed by atoms with Gasteiger partial charge in [-0.1, -0.05) is 11.6 Å². The van der Waals surface area contributed by atoms with E-state index in [0.717, 1.165) is 28.0 Å². The molecular weight excluding hydrogens is 443 g/mol. The van der Waals surface area contributed by atoms with E-state index in [1.807, 2.05) is 37.3 Å². The second kappa shape index (κ2) is 8.92. The molecule has 3 aromatic heterocycles. The maximum Gasteiger partial charge on any atom is 0.213 e. The van der Waals surface area contributed by atoms with Gasteiger partial charge in [-0.3, -0.25) is 4.98 Å². The highest BCUT2D eigenvalue weighted by atomic mass is 35.5. The van der Waals surface area contributed by atoms with Crippen molar-refractivity contribution in [2.75, 3.05) is 31.7 Å². The molecule has 0 spiro atoms. The van der Waals surface area contributed by atoms with Crippen LogP contribution < -0.4 is 9.64 Å². The van der Waals surface area contributed by atoms with Gasteiger partial charge in [0.25, 0.3) is 0 Å². The smallest absolute Gasteiger partial charge is 0.213 e. The van der Waals surface area contributed by atoms with Crippen LogP contribution in [0.25, 0.3) is 22.2 Å². The Morgan fingerprint density at radius 2 is 2.00 bits per heavy atom. The quantitative estimate of drug-likeness (QED) is 0.404. The van der Waals surface area contributed by atoms with Crippen LogP contribution in [0.3, 0.4) is 0 Å². The number of halogens is 2. The number of rotatable bonds is 4. The van der Waals surface area contributed by atoms with Crippen molar-refractivity contribution >= 4 is 28.3 Å². The lowest BCUT2D eigenvalue weighted by molar-refractivity contribution is 0.0393. The Morgan fingerprint density at radius 1 is 1.12 bits per heavy atom. The number of aryl methyl sites for hydroxylation is 1. The van der Waals surface area contributed by atoms with Crippen LogP contribution in [0.2, 0.25) is 5.02 Å². The van der Waals surface area contributed by atoms with E-state index in [2.05, 4.69) is 9.88 Å². The third-order valence-corrected chi connectivity index (χ3v) is 5.96. The van der Waals surface area contributed by atoms with Crippen LogP contribution in [-0.2, 0) is 4.74 Å². The molecule has 1 aliphatic heterocycles. The predicted molar refractivity (Wildman–Crippen MR) is 126 cm³/mol.